The van der Waals surface area contributed by atoms with E-state index in [1.807, 2.05) is 6.07 Å². The number of aryl methyl sites for hydroxylation is 1. The Kier molecular flexibility index (Phi) is 5.03. The smallest absolute Gasteiger partial charge is 0.238 e. The first-order valence-corrected chi connectivity index (χ1v) is 9.08. The van der Waals surface area contributed by atoms with Crippen molar-refractivity contribution in [1.82, 2.24) is 4.98 Å². The molecule has 2 aromatic rings. The maximum atomic E-state index is 11.5. The van der Waals surface area contributed by atoms with Gasteiger partial charge in [-0.15, -0.1) is 0 Å². The second-order valence-corrected chi connectivity index (χ2v) is 7.76. The van der Waals surface area contributed by atoms with E-state index in [2.05, 4.69) is 42.2 Å². The van der Waals surface area contributed by atoms with E-state index < -0.39 is 10.0 Å². The van der Waals surface area contributed by atoms with Gasteiger partial charge < -0.3 is 5.32 Å². The highest BCUT2D eigenvalue weighted by molar-refractivity contribution is 9.11. The van der Waals surface area contributed by atoms with Gasteiger partial charge in [-0.1, -0.05) is 6.07 Å². The average molecular weight is 435 g/mol. The molecule has 0 aliphatic rings. The van der Waals surface area contributed by atoms with Gasteiger partial charge in [0.15, 0.2) is 0 Å². The standard InChI is InChI=1S/C13H13Br2N3O2S/c1-8-2-3-10(5-13(8)21(16,19)20)17-7-12-11(15)4-9(14)6-18-12/h2-6,17H,7H2,1H3,(H2,16,19,20). The molecule has 0 spiro atoms. The number of sulfonamides is 1. The van der Waals surface area contributed by atoms with Crippen molar-refractivity contribution in [3.63, 3.8) is 0 Å². The van der Waals surface area contributed by atoms with Crippen LogP contribution >= 0.6 is 31.9 Å². The fraction of sp³-hybridized carbons (Fsp3) is 0.154. The Morgan fingerprint density at radius 1 is 1.29 bits per heavy atom. The van der Waals surface area contributed by atoms with Crippen LogP contribution in [-0.2, 0) is 16.6 Å². The third-order valence-electron chi connectivity index (χ3n) is 2.84. The normalized spacial score (nSPS) is 11.4. The molecule has 0 atom stereocenters. The van der Waals surface area contributed by atoms with Crippen LogP contribution in [0.15, 0.2) is 44.3 Å². The molecule has 0 amide bonds. The van der Waals surface area contributed by atoms with Crippen molar-refractivity contribution in [2.24, 2.45) is 5.14 Å². The molecule has 5 nitrogen and oxygen atoms in total. The van der Waals surface area contributed by atoms with Crippen molar-refractivity contribution in [3.05, 3.63) is 50.7 Å². The van der Waals surface area contributed by atoms with Crippen LogP contribution in [0.4, 0.5) is 5.69 Å². The zero-order chi connectivity index (χ0) is 15.6. The van der Waals surface area contributed by atoms with Gasteiger partial charge >= 0.3 is 0 Å². The lowest BCUT2D eigenvalue weighted by atomic mass is 10.2. The summed E-state index contributed by atoms with van der Waals surface area (Å²) >= 11 is 6.77. The third kappa shape index (κ3) is 4.26. The SMILES string of the molecule is Cc1ccc(NCc2ncc(Br)cc2Br)cc1S(N)(=O)=O. The van der Waals surface area contributed by atoms with Crippen molar-refractivity contribution in [1.29, 1.82) is 0 Å². The van der Waals surface area contributed by atoms with Gasteiger partial charge in [0.25, 0.3) is 0 Å². The number of nitrogens with zero attached hydrogens (tertiary/aromatic N) is 1. The Hall–Kier alpha value is -0.960. The second-order valence-electron chi connectivity index (χ2n) is 4.46. The number of rotatable bonds is 4. The van der Waals surface area contributed by atoms with E-state index in [0.717, 1.165) is 14.6 Å². The molecule has 2 rings (SSSR count). The van der Waals surface area contributed by atoms with E-state index in [1.165, 1.54) is 6.07 Å². The number of halogens is 2. The maximum Gasteiger partial charge on any atom is 0.238 e. The number of aromatic nitrogens is 1. The summed E-state index contributed by atoms with van der Waals surface area (Å²) in [5, 5.41) is 8.33. The number of nitrogens with two attached hydrogens (primary N) is 1. The lowest BCUT2D eigenvalue weighted by Gasteiger charge is -2.10. The van der Waals surface area contributed by atoms with Gasteiger partial charge in [-0.3, -0.25) is 4.98 Å². The lowest BCUT2D eigenvalue weighted by Crippen LogP contribution is -2.14. The van der Waals surface area contributed by atoms with Crippen molar-refractivity contribution in [2.75, 3.05) is 5.32 Å². The molecule has 0 fully saturated rings. The number of anilines is 1. The van der Waals surface area contributed by atoms with Gasteiger partial charge in [-0.2, -0.15) is 0 Å². The summed E-state index contributed by atoms with van der Waals surface area (Å²) in [5.41, 5.74) is 2.10. The molecular weight excluding hydrogens is 422 g/mol. The number of benzene rings is 1. The van der Waals surface area contributed by atoms with Gasteiger partial charge in [0.2, 0.25) is 10.0 Å². The minimum Gasteiger partial charge on any atom is -0.379 e. The minimum absolute atomic E-state index is 0.121. The number of hydrogen-bond acceptors (Lipinski definition) is 4. The zero-order valence-electron chi connectivity index (χ0n) is 11.1. The molecule has 0 saturated carbocycles. The molecule has 3 N–H and O–H groups in total. The summed E-state index contributed by atoms with van der Waals surface area (Å²) < 4.78 is 24.7. The molecule has 1 heterocycles. The van der Waals surface area contributed by atoms with E-state index in [-0.39, 0.29) is 4.90 Å². The maximum absolute atomic E-state index is 11.5. The molecule has 1 aromatic carbocycles. The Labute approximate surface area is 140 Å². The van der Waals surface area contributed by atoms with Crippen LogP contribution in [0.25, 0.3) is 0 Å². The van der Waals surface area contributed by atoms with Crippen molar-refractivity contribution >= 4 is 47.6 Å². The van der Waals surface area contributed by atoms with Gasteiger partial charge in [0, 0.05) is 20.8 Å². The average Bonchev–Trinajstić information content (AvgIpc) is 2.38. The van der Waals surface area contributed by atoms with Crippen LogP contribution < -0.4 is 10.5 Å². The number of pyridine rings is 1. The molecule has 112 valence electrons. The second kappa shape index (κ2) is 6.43. The fourth-order valence-corrected chi connectivity index (χ4v) is 3.71. The molecule has 21 heavy (non-hydrogen) atoms. The predicted molar refractivity (Wildman–Crippen MR) is 89.5 cm³/mol. The van der Waals surface area contributed by atoms with Crippen LogP contribution in [0.3, 0.4) is 0 Å². The van der Waals surface area contributed by atoms with Crippen LogP contribution in [0.1, 0.15) is 11.3 Å². The highest BCUT2D eigenvalue weighted by Gasteiger charge is 2.12. The molecule has 1 aromatic heterocycles. The summed E-state index contributed by atoms with van der Waals surface area (Å²) in [4.78, 5) is 4.40. The number of nitrogens with one attached hydrogen (secondary N) is 1. The summed E-state index contributed by atoms with van der Waals surface area (Å²) in [6.07, 6.45) is 1.70. The summed E-state index contributed by atoms with van der Waals surface area (Å²) in [7, 11) is -3.72. The molecule has 0 aliphatic carbocycles. The van der Waals surface area contributed by atoms with Gasteiger partial charge in [-0.25, -0.2) is 13.6 Å². The minimum atomic E-state index is -3.72. The molecule has 0 saturated heterocycles. The van der Waals surface area contributed by atoms with Crippen LogP contribution in [0, 0.1) is 6.92 Å². The van der Waals surface area contributed by atoms with Gasteiger partial charge in [-0.05, 0) is 62.5 Å². The topological polar surface area (TPSA) is 85.1 Å². The van der Waals surface area contributed by atoms with E-state index in [0.29, 0.717) is 17.8 Å². The molecule has 0 aliphatic heterocycles. The largest absolute Gasteiger partial charge is 0.379 e. The first-order valence-electron chi connectivity index (χ1n) is 5.94. The van der Waals surface area contributed by atoms with Crippen molar-refractivity contribution < 1.29 is 8.42 Å². The first kappa shape index (κ1) is 16.4. The fourth-order valence-electron chi connectivity index (χ4n) is 1.78. The Morgan fingerprint density at radius 2 is 2.00 bits per heavy atom. The molecule has 0 bridgehead atoms. The van der Waals surface area contributed by atoms with E-state index >= 15 is 0 Å². The zero-order valence-corrected chi connectivity index (χ0v) is 15.1. The number of primary sulfonamides is 1. The Bertz CT molecular complexity index is 779. The van der Waals surface area contributed by atoms with Gasteiger partial charge in [0.1, 0.15) is 0 Å². The third-order valence-corrected chi connectivity index (χ3v) is 5.01. The quantitative estimate of drug-likeness (QED) is 0.773. The number of hydrogen-bond donors (Lipinski definition) is 2. The van der Waals surface area contributed by atoms with Crippen molar-refractivity contribution in [3.8, 4) is 0 Å². The lowest BCUT2D eigenvalue weighted by molar-refractivity contribution is 0.597. The summed E-state index contributed by atoms with van der Waals surface area (Å²) in [5.74, 6) is 0. The summed E-state index contributed by atoms with van der Waals surface area (Å²) in [6, 6.07) is 6.94. The molecule has 8 heteroatoms. The van der Waals surface area contributed by atoms with E-state index in [1.54, 1.807) is 25.3 Å². The Balaban J connectivity index is 2.21. The van der Waals surface area contributed by atoms with E-state index in [9.17, 15) is 8.42 Å². The van der Waals surface area contributed by atoms with Crippen LogP contribution in [-0.4, -0.2) is 13.4 Å². The molecular formula is C13H13Br2N3O2S. The highest BCUT2D eigenvalue weighted by Crippen LogP contribution is 2.22. The highest BCUT2D eigenvalue weighted by atomic mass is 79.9. The van der Waals surface area contributed by atoms with E-state index in [4.69, 9.17) is 5.14 Å². The Morgan fingerprint density at radius 3 is 2.62 bits per heavy atom. The van der Waals surface area contributed by atoms with Crippen molar-refractivity contribution in [2.45, 2.75) is 18.4 Å². The van der Waals surface area contributed by atoms with Crippen LogP contribution in [0.5, 0.6) is 0 Å². The first-order chi connectivity index (χ1) is 9.77. The monoisotopic (exact) mass is 433 g/mol. The summed E-state index contributed by atoms with van der Waals surface area (Å²) in [6.45, 7) is 2.16. The molecule has 0 radical (unpaired) electrons. The molecule has 0 unspecified atom stereocenters. The predicted octanol–water partition coefficient (Wildman–Crippen LogP) is 3.17. The van der Waals surface area contributed by atoms with Crippen LogP contribution in [0.2, 0.25) is 0 Å². The van der Waals surface area contributed by atoms with Gasteiger partial charge in [0.05, 0.1) is 17.1 Å².